The van der Waals surface area contributed by atoms with E-state index in [-0.39, 0.29) is 6.54 Å². The van der Waals surface area contributed by atoms with Crippen molar-refractivity contribution in [1.82, 2.24) is 10.3 Å². The summed E-state index contributed by atoms with van der Waals surface area (Å²) in [5.74, 6) is -1.17. The highest BCUT2D eigenvalue weighted by molar-refractivity contribution is 6.39. The molecule has 0 unspecified atom stereocenters. The lowest BCUT2D eigenvalue weighted by Crippen LogP contribution is -2.35. The smallest absolute Gasteiger partial charge is 0.314 e. The van der Waals surface area contributed by atoms with Crippen molar-refractivity contribution in [3.63, 3.8) is 0 Å². The van der Waals surface area contributed by atoms with Gasteiger partial charge in [-0.3, -0.25) is 9.59 Å². The molecule has 6 heteroatoms. The molecule has 5 nitrogen and oxygen atoms in total. The fourth-order valence-electron chi connectivity index (χ4n) is 1.61. The van der Waals surface area contributed by atoms with E-state index in [2.05, 4.69) is 15.6 Å². The molecule has 0 atom stereocenters. The molecule has 0 aliphatic carbocycles. The number of aryl methyl sites for hydroxylation is 1. The molecule has 21 heavy (non-hydrogen) atoms. The highest BCUT2D eigenvalue weighted by atomic mass is 35.5. The second-order valence-corrected chi connectivity index (χ2v) is 4.86. The van der Waals surface area contributed by atoms with Gasteiger partial charge in [0.05, 0.1) is 0 Å². The number of anilines is 1. The van der Waals surface area contributed by atoms with Gasteiger partial charge >= 0.3 is 11.8 Å². The van der Waals surface area contributed by atoms with Crippen LogP contribution < -0.4 is 10.6 Å². The van der Waals surface area contributed by atoms with E-state index >= 15 is 0 Å². The van der Waals surface area contributed by atoms with Crippen LogP contribution >= 0.6 is 11.6 Å². The third kappa shape index (κ3) is 4.29. The van der Waals surface area contributed by atoms with Crippen LogP contribution in [0.3, 0.4) is 0 Å². The molecule has 0 radical (unpaired) electrons. The monoisotopic (exact) mass is 303 g/mol. The molecule has 1 aromatic heterocycles. The van der Waals surface area contributed by atoms with Crippen molar-refractivity contribution >= 4 is 29.2 Å². The van der Waals surface area contributed by atoms with Gasteiger partial charge in [0.15, 0.2) is 0 Å². The van der Waals surface area contributed by atoms with Crippen molar-refractivity contribution in [3.8, 4) is 0 Å². The predicted molar refractivity (Wildman–Crippen MR) is 80.9 cm³/mol. The minimum Gasteiger partial charge on any atom is -0.344 e. The number of benzene rings is 1. The molecule has 0 spiro atoms. The number of aromatic nitrogens is 1. The maximum Gasteiger partial charge on any atom is 0.314 e. The fraction of sp³-hybridized carbons (Fsp3) is 0.133. The van der Waals surface area contributed by atoms with E-state index in [0.717, 1.165) is 11.1 Å². The van der Waals surface area contributed by atoms with Crippen LogP contribution in [0.25, 0.3) is 0 Å². The van der Waals surface area contributed by atoms with Gasteiger partial charge in [0.2, 0.25) is 0 Å². The first-order chi connectivity index (χ1) is 10.1. The SMILES string of the molecule is Cc1ccc(NC(=O)C(=O)NCc2ccccc2Cl)nc1. The minimum absolute atomic E-state index is 0.188. The summed E-state index contributed by atoms with van der Waals surface area (Å²) in [5, 5.41) is 5.47. The zero-order chi connectivity index (χ0) is 15.2. The summed E-state index contributed by atoms with van der Waals surface area (Å²) in [6, 6.07) is 10.5. The van der Waals surface area contributed by atoms with Gasteiger partial charge in [-0.15, -0.1) is 0 Å². The molecule has 2 amide bonds. The Balaban J connectivity index is 1.90. The molecule has 1 heterocycles. The summed E-state index contributed by atoms with van der Waals surface area (Å²) in [5.41, 5.74) is 1.71. The molecule has 0 aliphatic rings. The maximum absolute atomic E-state index is 11.7. The number of rotatable bonds is 3. The molecule has 2 aromatic rings. The Morgan fingerprint density at radius 2 is 1.90 bits per heavy atom. The summed E-state index contributed by atoms with van der Waals surface area (Å²) in [6.45, 7) is 2.07. The molecule has 108 valence electrons. The summed E-state index contributed by atoms with van der Waals surface area (Å²) < 4.78 is 0. The van der Waals surface area contributed by atoms with Crippen molar-refractivity contribution < 1.29 is 9.59 Å². The fourth-order valence-corrected chi connectivity index (χ4v) is 1.81. The number of carbonyl (C=O) groups is 2. The number of nitrogens with zero attached hydrogens (tertiary/aromatic N) is 1. The molecule has 2 N–H and O–H groups in total. The van der Waals surface area contributed by atoms with Gasteiger partial charge in [-0.2, -0.15) is 0 Å². The number of pyridine rings is 1. The highest BCUT2D eigenvalue weighted by Gasteiger charge is 2.14. The van der Waals surface area contributed by atoms with E-state index in [0.29, 0.717) is 10.8 Å². The summed E-state index contributed by atoms with van der Waals surface area (Å²) in [7, 11) is 0. The van der Waals surface area contributed by atoms with Crippen LogP contribution in [-0.4, -0.2) is 16.8 Å². The quantitative estimate of drug-likeness (QED) is 0.855. The minimum atomic E-state index is -0.765. The molecule has 0 bridgehead atoms. The second-order valence-electron chi connectivity index (χ2n) is 4.45. The van der Waals surface area contributed by atoms with Crippen LogP contribution in [0, 0.1) is 6.92 Å². The van der Waals surface area contributed by atoms with Crippen LogP contribution in [0.4, 0.5) is 5.82 Å². The Morgan fingerprint density at radius 3 is 2.57 bits per heavy atom. The van der Waals surface area contributed by atoms with Crippen molar-refractivity contribution in [3.05, 3.63) is 58.7 Å². The van der Waals surface area contributed by atoms with E-state index in [1.807, 2.05) is 13.0 Å². The Hall–Kier alpha value is -2.40. The first-order valence-electron chi connectivity index (χ1n) is 6.31. The molecule has 0 fully saturated rings. The van der Waals surface area contributed by atoms with Crippen LogP contribution in [0.1, 0.15) is 11.1 Å². The van der Waals surface area contributed by atoms with Crippen molar-refractivity contribution in [1.29, 1.82) is 0 Å². The largest absolute Gasteiger partial charge is 0.344 e. The first kappa shape index (κ1) is 15.0. The lowest BCUT2D eigenvalue weighted by atomic mass is 10.2. The summed E-state index contributed by atoms with van der Waals surface area (Å²) in [4.78, 5) is 27.4. The topological polar surface area (TPSA) is 71.1 Å². The van der Waals surface area contributed by atoms with Gasteiger partial charge in [-0.1, -0.05) is 35.9 Å². The summed E-state index contributed by atoms with van der Waals surface area (Å²) in [6.07, 6.45) is 1.61. The predicted octanol–water partition coefficient (Wildman–Crippen LogP) is 2.30. The Bertz CT molecular complexity index is 656. The van der Waals surface area contributed by atoms with Gasteiger partial charge in [-0.05, 0) is 30.2 Å². The molecule has 1 aromatic carbocycles. The number of amides is 2. The molecular formula is C15H14ClN3O2. The van der Waals surface area contributed by atoms with Crippen molar-refractivity contribution in [2.24, 2.45) is 0 Å². The standard InChI is InChI=1S/C15H14ClN3O2/c1-10-6-7-13(17-8-10)19-15(21)14(20)18-9-11-4-2-3-5-12(11)16/h2-8H,9H2,1H3,(H,18,20)(H,17,19,21). The van der Waals surface area contributed by atoms with Crippen LogP contribution in [0.2, 0.25) is 5.02 Å². The highest BCUT2D eigenvalue weighted by Crippen LogP contribution is 2.14. The van der Waals surface area contributed by atoms with Gasteiger partial charge < -0.3 is 10.6 Å². The van der Waals surface area contributed by atoms with Crippen LogP contribution in [0.5, 0.6) is 0 Å². The third-order valence-electron chi connectivity index (χ3n) is 2.76. The number of hydrogen-bond acceptors (Lipinski definition) is 3. The first-order valence-corrected chi connectivity index (χ1v) is 6.69. The lowest BCUT2D eigenvalue weighted by Gasteiger charge is -2.07. The number of hydrogen-bond donors (Lipinski definition) is 2. The normalized spacial score (nSPS) is 10.0. The molecule has 0 saturated carbocycles. The average Bonchev–Trinajstić information content (AvgIpc) is 2.48. The van der Waals surface area contributed by atoms with Crippen LogP contribution in [-0.2, 0) is 16.1 Å². The van der Waals surface area contributed by atoms with E-state index in [1.165, 1.54) is 0 Å². The number of nitrogens with one attached hydrogen (secondary N) is 2. The Morgan fingerprint density at radius 1 is 1.14 bits per heavy atom. The Labute approximate surface area is 127 Å². The Kier molecular flexibility index (Phi) is 4.90. The molecule has 0 aliphatic heterocycles. The van der Waals surface area contributed by atoms with E-state index in [9.17, 15) is 9.59 Å². The van der Waals surface area contributed by atoms with Gasteiger partial charge in [0, 0.05) is 17.8 Å². The van der Waals surface area contributed by atoms with Gasteiger partial charge in [0.25, 0.3) is 0 Å². The average molecular weight is 304 g/mol. The van der Waals surface area contributed by atoms with E-state index in [1.54, 1.807) is 36.5 Å². The molecule has 2 rings (SSSR count). The molecular weight excluding hydrogens is 290 g/mol. The van der Waals surface area contributed by atoms with E-state index in [4.69, 9.17) is 11.6 Å². The number of halogens is 1. The summed E-state index contributed by atoms with van der Waals surface area (Å²) >= 11 is 5.97. The number of carbonyl (C=O) groups excluding carboxylic acids is 2. The van der Waals surface area contributed by atoms with Gasteiger partial charge in [0.1, 0.15) is 5.82 Å². The lowest BCUT2D eigenvalue weighted by molar-refractivity contribution is -0.136. The zero-order valence-corrected chi connectivity index (χ0v) is 12.1. The molecule has 0 saturated heterocycles. The van der Waals surface area contributed by atoms with Crippen molar-refractivity contribution in [2.45, 2.75) is 13.5 Å². The zero-order valence-electron chi connectivity index (χ0n) is 11.4. The second kappa shape index (κ2) is 6.85. The van der Waals surface area contributed by atoms with Gasteiger partial charge in [-0.25, -0.2) is 4.98 Å². The van der Waals surface area contributed by atoms with Crippen molar-refractivity contribution in [2.75, 3.05) is 5.32 Å². The third-order valence-corrected chi connectivity index (χ3v) is 3.13. The van der Waals surface area contributed by atoms with Crippen LogP contribution in [0.15, 0.2) is 42.6 Å². The van der Waals surface area contributed by atoms with E-state index < -0.39 is 11.8 Å². The maximum atomic E-state index is 11.7.